The fourth-order valence-corrected chi connectivity index (χ4v) is 3.97. The first-order chi connectivity index (χ1) is 13.6. The van der Waals surface area contributed by atoms with Gasteiger partial charge in [-0.15, -0.1) is 24.0 Å². The summed E-state index contributed by atoms with van der Waals surface area (Å²) >= 11 is 0. The van der Waals surface area contributed by atoms with Crippen LogP contribution in [0.2, 0.25) is 0 Å². The van der Waals surface area contributed by atoms with Gasteiger partial charge in [0.1, 0.15) is 0 Å². The van der Waals surface area contributed by atoms with Gasteiger partial charge >= 0.3 is 0 Å². The van der Waals surface area contributed by atoms with Gasteiger partial charge in [-0.25, -0.2) is 13.1 Å². The van der Waals surface area contributed by atoms with Gasteiger partial charge in [0, 0.05) is 25.3 Å². The molecule has 6 nitrogen and oxygen atoms in total. The Balaban J connectivity index is 0.00000300. The highest BCUT2D eigenvalue weighted by molar-refractivity contribution is 14.0. The molecule has 1 saturated heterocycles. The second kappa shape index (κ2) is 12.1. The second-order valence-corrected chi connectivity index (χ2v) is 8.80. The number of nitrogens with zero attached hydrogens (tertiary/aromatic N) is 2. The molecule has 0 saturated carbocycles. The number of para-hydroxylation sites is 1. The van der Waals surface area contributed by atoms with Gasteiger partial charge in [0.25, 0.3) is 0 Å². The lowest BCUT2D eigenvalue weighted by molar-refractivity contribution is 0.340. The van der Waals surface area contributed by atoms with Crippen molar-refractivity contribution in [1.29, 1.82) is 0 Å². The van der Waals surface area contributed by atoms with Crippen molar-refractivity contribution in [2.75, 3.05) is 30.7 Å². The van der Waals surface area contributed by atoms with Gasteiger partial charge < -0.3 is 10.2 Å². The van der Waals surface area contributed by atoms with Crippen LogP contribution in [-0.2, 0) is 16.6 Å². The van der Waals surface area contributed by atoms with Crippen LogP contribution in [0, 0.1) is 0 Å². The molecule has 8 heteroatoms. The number of guanidine groups is 1. The van der Waals surface area contributed by atoms with Crippen LogP contribution >= 0.6 is 24.0 Å². The highest BCUT2D eigenvalue weighted by Gasteiger charge is 2.16. The van der Waals surface area contributed by atoms with Gasteiger partial charge in [0.2, 0.25) is 10.0 Å². The van der Waals surface area contributed by atoms with Crippen LogP contribution in [0.25, 0.3) is 0 Å². The van der Waals surface area contributed by atoms with E-state index in [4.69, 9.17) is 0 Å². The molecular weight excluding hydrogens is 499 g/mol. The molecule has 29 heavy (non-hydrogen) atoms. The summed E-state index contributed by atoms with van der Waals surface area (Å²) in [5.41, 5.74) is 1.89. The second-order valence-electron chi connectivity index (χ2n) is 6.87. The molecule has 0 radical (unpaired) electrons. The standard InChI is InChI=1S/C21H28N4O2S.HI/c26-28(27,23-18-19-10-4-1-5-11-19)17-14-22-21(25-15-8-3-9-16-25)24-20-12-6-2-7-13-20;/h1-2,4-7,10-13,23H,3,8-9,14-18H2,(H,22,24);1H. The monoisotopic (exact) mass is 528 g/mol. The molecule has 3 rings (SSSR count). The van der Waals surface area contributed by atoms with E-state index < -0.39 is 10.0 Å². The smallest absolute Gasteiger partial charge is 0.213 e. The Bertz CT molecular complexity index is 855. The van der Waals surface area contributed by atoms with Crippen LogP contribution in [0.15, 0.2) is 65.7 Å². The van der Waals surface area contributed by atoms with Gasteiger partial charge in [-0.2, -0.15) is 0 Å². The normalized spacial score (nSPS) is 14.9. The maximum absolute atomic E-state index is 12.3. The first-order valence-corrected chi connectivity index (χ1v) is 11.4. The number of piperidine rings is 1. The van der Waals surface area contributed by atoms with Crippen molar-refractivity contribution in [3.8, 4) is 0 Å². The summed E-state index contributed by atoms with van der Waals surface area (Å²) in [6.07, 6.45) is 3.49. The number of nitrogens with one attached hydrogen (secondary N) is 2. The first kappa shape index (κ1) is 23.6. The fraction of sp³-hybridized carbons (Fsp3) is 0.381. The zero-order chi connectivity index (χ0) is 19.7. The molecule has 158 valence electrons. The highest BCUT2D eigenvalue weighted by atomic mass is 127. The van der Waals surface area contributed by atoms with Crippen molar-refractivity contribution in [2.24, 2.45) is 4.99 Å². The third kappa shape index (κ3) is 8.31. The largest absolute Gasteiger partial charge is 0.343 e. The van der Waals surface area contributed by atoms with E-state index in [9.17, 15) is 8.42 Å². The summed E-state index contributed by atoms with van der Waals surface area (Å²) in [5.74, 6) is 0.720. The molecular formula is C21H29IN4O2S. The van der Waals surface area contributed by atoms with Crippen LogP contribution in [0.5, 0.6) is 0 Å². The third-order valence-corrected chi connectivity index (χ3v) is 5.95. The zero-order valence-corrected chi connectivity index (χ0v) is 19.6. The minimum Gasteiger partial charge on any atom is -0.343 e. The van der Waals surface area contributed by atoms with Crippen molar-refractivity contribution < 1.29 is 8.42 Å². The van der Waals surface area contributed by atoms with E-state index in [0.717, 1.165) is 43.1 Å². The molecule has 0 atom stereocenters. The number of rotatable bonds is 7. The van der Waals surface area contributed by atoms with Crippen LogP contribution < -0.4 is 10.0 Å². The molecule has 1 heterocycles. The summed E-state index contributed by atoms with van der Waals surface area (Å²) in [6, 6.07) is 19.4. The predicted molar refractivity (Wildman–Crippen MR) is 130 cm³/mol. The van der Waals surface area contributed by atoms with E-state index in [1.807, 2.05) is 60.7 Å². The Kier molecular flexibility index (Phi) is 9.89. The highest BCUT2D eigenvalue weighted by Crippen LogP contribution is 2.12. The average molecular weight is 528 g/mol. The van der Waals surface area contributed by atoms with Gasteiger partial charge in [-0.05, 0) is 37.0 Å². The Morgan fingerprint density at radius 2 is 1.55 bits per heavy atom. The number of halogens is 1. The molecule has 0 amide bonds. The predicted octanol–water partition coefficient (Wildman–Crippen LogP) is 3.68. The summed E-state index contributed by atoms with van der Waals surface area (Å²) < 4.78 is 27.3. The fourth-order valence-electron chi connectivity index (χ4n) is 3.11. The van der Waals surface area contributed by atoms with Crippen LogP contribution in [0.4, 0.5) is 5.69 Å². The molecule has 1 aliphatic rings. The number of hydrogen-bond acceptors (Lipinski definition) is 3. The summed E-state index contributed by atoms with van der Waals surface area (Å²) in [6.45, 7) is 2.40. The molecule has 0 aliphatic carbocycles. The van der Waals surface area contributed by atoms with E-state index in [-0.39, 0.29) is 36.3 Å². The van der Waals surface area contributed by atoms with Gasteiger partial charge in [-0.1, -0.05) is 48.5 Å². The number of benzene rings is 2. The minimum absolute atomic E-state index is 0. The van der Waals surface area contributed by atoms with E-state index in [1.54, 1.807) is 0 Å². The average Bonchev–Trinajstić information content (AvgIpc) is 2.74. The zero-order valence-electron chi connectivity index (χ0n) is 16.5. The molecule has 2 N–H and O–H groups in total. The maximum atomic E-state index is 12.3. The quantitative estimate of drug-likeness (QED) is 0.327. The molecule has 0 aromatic heterocycles. The number of hydrogen-bond donors (Lipinski definition) is 2. The molecule has 2 aromatic carbocycles. The van der Waals surface area contributed by atoms with Crippen LogP contribution in [-0.4, -0.2) is 44.7 Å². The van der Waals surface area contributed by atoms with Crippen LogP contribution in [0.1, 0.15) is 24.8 Å². The lowest BCUT2D eigenvalue weighted by Crippen LogP contribution is -2.40. The Morgan fingerprint density at radius 3 is 2.21 bits per heavy atom. The van der Waals surface area contributed by atoms with Gasteiger partial charge in [0.05, 0.1) is 12.3 Å². The summed E-state index contributed by atoms with van der Waals surface area (Å²) in [4.78, 5) is 6.80. The van der Waals surface area contributed by atoms with Gasteiger partial charge in [-0.3, -0.25) is 4.99 Å². The number of likely N-dealkylation sites (tertiary alicyclic amines) is 1. The first-order valence-electron chi connectivity index (χ1n) is 9.75. The van der Waals surface area contributed by atoms with Crippen molar-refractivity contribution in [3.63, 3.8) is 0 Å². The molecule has 0 unspecified atom stereocenters. The third-order valence-electron chi connectivity index (χ3n) is 4.65. The van der Waals surface area contributed by atoms with E-state index in [2.05, 4.69) is 19.9 Å². The summed E-state index contributed by atoms with van der Waals surface area (Å²) in [5, 5.41) is 3.35. The molecule has 0 spiro atoms. The number of sulfonamides is 1. The Hall–Kier alpha value is -1.65. The number of aliphatic imine (C=N–C) groups is 1. The Labute approximate surface area is 190 Å². The van der Waals surface area contributed by atoms with E-state index in [1.165, 1.54) is 6.42 Å². The van der Waals surface area contributed by atoms with E-state index >= 15 is 0 Å². The van der Waals surface area contributed by atoms with E-state index in [0.29, 0.717) is 6.54 Å². The van der Waals surface area contributed by atoms with Crippen molar-refractivity contribution in [1.82, 2.24) is 9.62 Å². The van der Waals surface area contributed by atoms with Crippen molar-refractivity contribution in [3.05, 3.63) is 66.2 Å². The van der Waals surface area contributed by atoms with Crippen molar-refractivity contribution in [2.45, 2.75) is 25.8 Å². The molecule has 1 fully saturated rings. The molecule has 2 aromatic rings. The van der Waals surface area contributed by atoms with Crippen molar-refractivity contribution >= 4 is 45.6 Å². The maximum Gasteiger partial charge on any atom is 0.213 e. The Morgan fingerprint density at radius 1 is 0.931 bits per heavy atom. The lowest BCUT2D eigenvalue weighted by atomic mass is 10.1. The number of anilines is 1. The van der Waals surface area contributed by atoms with Gasteiger partial charge in [0.15, 0.2) is 5.96 Å². The topological polar surface area (TPSA) is 73.8 Å². The lowest BCUT2D eigenvalue weighted by Gasteiger charge is -2.30. The van der Waals surface area contributed by atoms with Crippen LogP contribution in [0.3, 0.4) is 0 Å². The summed E-state index contributed by atoms with van der Waals surface area (Å²) in [7, 11) is -3.38. The molecule has 0 bridgehead atoms. The SMILES string of the molecule is I.O=S(=O)(CCN=C(Nc1ccccc1)N1CCCCC1)NCc1ccccc1. The molecule has 1 aliphatic heterocycles. The minimum atomic E-state index is -3.38.